The summed E-state index contributed by atoms with van der Waals surface area (Å²) in [4.78, 5) is 26.1. The molecule has 0 aliphatic carbocycles. The van der Waals surface area contributed by atoms with Crippen LogP contribution in [-0.4, -0.2) is 42.6 Å². The van der Waals surface area contributed by atoms with E-state index in [4.69, 9.17) is 0 Å². The molecule has 1 aliphatic rings. The summed E-state index contributed by atoms with van der Waals surface area (Å²) in [5, 5.41) is 2.39. The summed E-state index contributed by atoms with van der Waals surface area (Å²) in [5.74, 6) is -1.81. The number of nitrogens with zero attached hydrogens (tertiary/aromatic N) is 1. The van der Waals surface area contributed by atoms with Crippen molar-refractivity contribution >= 4 is 17.5 Å². The average Bonchev–Trinajstić information content (AvgIpc) is 3.16. The fraction of sp³-hybridized carbons (Fsp3) is 0.333. The van der Waals surface area contributed by atoms with Crippen molar-refractivity contribution in [2.45, 2.75) is 19.0 Å². The van der Waals surface area contributed by atoms with Gasteiger partial charge in [-0.2, -0.15) is 13.2 Å². The number of halogens is 4. The van der Waals surface area contributed by atoms with Gasteiger partial charge in [0.1, 0.15) is 11.6 Å². The van der Waals surface area contributed by atoms with Gasteiger partial charge >= 0.3 is 18.0 Å². The van der Waals surface area contributed by atoms with Gasteiger partial charge in [-0.25, -0.2) is 4.39 Å². The van der Waals surface area contributed by atoms with Crippen LogP contribution in [0.2, 0.25) is 0 Å². The van der Waals surface area contributed by atoms with E-state index in [1.165, 1.54) is 41.3 Å². The van der Waals surface area contributed by atoms with Crippen LogP contribution in [0.3, 0.4) is 0 Å². The maximum Gasteiger partial charge on any atom is 0.422 e. The number of carbonyl (C=O) groups is 2. The van der Waals surface area contributed by atoms with Gasteiger partial charge in [0, 0.05) is 24.8 Å². The van der Waals surface area contributed by atoms with Gasteiger partial charge in [0.05, 0.1) is 0 Å². The van der Waals surface area contributed by atoms with Gasteiger partial charge < -0.3 is 15.0 Å². The van der Waals surface area contributed by atoms with Crippen LogP contribution >= 0.6 is 0 Å². The number of alkyl halides is 3. The summed E-state index contributed by atoms with van der Waals surface area (Å²) in [5.41, 5.74) is 1.12. The molecule has 5 nitrogen and oxygen atoms in total. The highest BCUT2D eigenvalue weighted by Crippen LogP contribution is 2.23. The molecule has 0 aromatic heterocycles. The van der Waals surface area contributed by atoms with Gasteiger partial charge in [0.25, 0.3) is 0 Å². The second-order valence-electron chi connectivity index (χ2n) is 7.12. The average molecular weight is 424 g/mol. The first kappa shape index (κ1) is 21.6. The number of benzene rings is 2. The number of amides is 2. The molecule has 1 saturated heterocycles. The zero-order valence-corrected chi connectivity index (χ0v) is 15.9. The number of carbonyl (C=O) groups excluding carboxylic acids is 2. The third-order valence-electron chi connectivity index (χ3n) is 4.70. The molecular formula is C21H20F4N2O3. The van der Waals surface area contributed by atoms with E-state index in [1.807, 2.05) is 0 Å². The van der Waals surface area contributed by atoms with Crippen molar-refractivity contribution in [3.63, 3.8) is 0 Å². The van der Waals surface area contributed by atoms with Crippen molar-refractivity contribution < 1.29 is 31.9 Å². The van der Waals surface area contributed by atoms with Gasteiger partial charge in [-0.05, 0) is 48.6 Å². The molecule has 3 rings (SSSR count). The number of rotatable bonds is 5. The van der Waals surface area contributed by atoms with Crippen LogP contribution in [0.4, 0.5) is 23.2 Å². The molecule has 9 heteroatoms. The van der Waals surface area contributed by atoms with Gasteiger partial charge in [0.2, 0.25) is 0 Å². The Bertz CT molecular complexity index is 900. The Hall–Kier alpha value is -3.10. The second-order valence-corrected chi connectivity index (χ2v) is 7.12. The van der Waals surface area contributed by atoms with Gasteiger partial charge in [-0.1, -0.05) is 18.2 Å². The van der Waals surface area contributed by atoms with Crippen molar-refractivity contribution in [1.82, 2.24) is 4.90 Å². The van der Waals surface area contributed by atoms with E-state index in [1.54, 1.807) is 12.1 Å². The molecule has 0 spiro atoms. The Morgan fingerprint density at radius 3 is 2.57 bits per heavy atom. The molecule has 160 valence electrons. The first-order valence-corrected chi connectivity index (χ1v) is 9.34. The standard InChI is InChI=1S/C21H20F4N2O3/c22-16-6-4-14(5-7-16)10-15-8-9-27(12-15)20(29)19(28)26-17-2-1-3-18(11-17)30-13-21(23,24)25/h1-7,11,15H,8-10,12-13H2,(H,26,28). The largest absolute Gasteiger partial charge is 0.484 e. The van der Waals surface area contributed by atoms with Crippen LogP contribution in [0, 0.1) is 11.7 Å². The number of nitrogens with one attached hydrogen (secondary N) is 1. The van der Waals surface area contributed by atoms with Crippen LogP contribution in [0.15, 0.2) is 48.5 Å². The minimum Gasteiger partial charge on any atom is -0.484 e. The zero-order valence-electron chi connectivity index (χ0n) is 15.9. The Kier molecular flexibility index (Phi) is 6.59. The molecule has 1 fully saturated rings. The van der Waals surface area contributed by atoms with E-state index in [0.29, 0.717) is 19.5 Å². The monoisotopic (exact) mass is 424 g/mol. The molecule has 0 saturated carbocycles. The number of hydrogen-bond acceptors (Lipinski definition) is 3. The third-order valence-corrected chi connectivity index (χ3v) is 4.70. The minimum atomic E-state index is -4.48. The molecule has 1 atom stereocenters. The van der Waals surface area contributed by atoms with E-state index < -0.39 is 24.6 Å². The quantitative estimate of drug-likeness (QED) is 0.587. The van der Waals surface area contributed by atoms with E-state index in [2.05, 4.69) is 10.1 Å². The van der Waals surface area contributed by atoms with Crippen molar-refractivity contribution in [1.29, 1.82) is 0 Å². The lowest BCUT2D eigenvalue weighted by Gasteiger charge is -2.16. The van der Waals surface area contributed by atoms with Gasteiger partial charge in [0.15, 0.2) is 6.61 Å². The molecule has 2 aromatic carbocycles. The van der Waals surface area contributed by atoms with E-state index in [-0.39, 0.29) is 23.2 Å². The number of ether oxygens (including phenoxy) is 1. The molecule has 30 heavy (non-hydrogen) atoms. The fourth-order valence-corrected chi connectivity index (χ4v) is 3.29. The van der Waals surface area contributed by atoms with Crippen molar-refractivity contribution in [2.75, 3.05) is 25.0 Å². The maximum absolute atomic E-state index is 13.0. The number of likely N-dealkylation sites (tertiary alicyclic amines) is 1. The smallest absolute Gasteiger partial charge is 0.422 e. The zero-order chi connectivity index (χ0) is 21.7. The highest BCUT2D eigenvalue weighted by Gasteiger charge is 2.30. The first-order chi connectivity index (χ1) is 14.2. The minimum absolute atomic E-state index is 0.0712. The molecule has 1 heterocycles. The number of anilines is 1. The molecule has 1 N–H and O–H groups in total. The lowest BCUT2D eigenvalue weighted by Crippen LogP contribution is -2.38. The molecule has 2 aromatic rings. The maximum atomic E-state index is 13.0. The second kappa shape index (κ2) is 9.15. The van der Waals surface area contributed by atoms with Gasteiger partial charge in [-0.15, -0.1) is 0 Å². The summed E-state index contributed by atoms with van der Waals surface area (Å²) in [6, 6.07) is 11.6. The van der Waals surface area contributed by atoms with Crippen LogP contribution in [0.5, 0.6) is 5.75 Å². The summed E-state index contributed by atoms with van der Waals surface area (Å²) >= 11 is 0. The van der Waals surface area contributed by atoms with Crippen LogP contribution in [0.1, 0.15) is 12.0 Å². The summed E-state index contributed by atoms with van der Waals surface area (Å²) in [6.07, 6.45) is -3.09. The third kappa shape index (κ3) is 6.20. The highest BCUT2D eigenvalue weighted by atomic mass is 19.4. The Morgan fingerprint density at radius 2 is 1.87 bits per heavy atom. The van der Waals surface area contributed by atoms with Crippen molar-refractivity contribution in [3.8, 4) is 5.75 Å². The fourth-order valence-electron chi connectivity index (χ4n) is 3.29. The molecule has 0 radical (unpaired) electrons. The predicted octanol–water partition coefficient (Wildman–Crippen LogP) is 3.80. The lowest BCUT2D eigenvalue weighted by molar-refractivity contribution is -0.153. The van der Waals surface area contributed by atoms with Crippen LogP contribution < -0.4 is 10.1 Å². The topological polar surface area (TPSA) is 58.6 Å². The Balaban J connectivity index is 1.52. The molecule has 2 amide bonds. The van der Waals surface area contributed by atoms with Crippen LogP contribution in [-0.2, 0) is 16.0 Å². The van der Waals surface area contributed by atoms with Crippen LogP contribution in [0.25, 0.3) is 0 Å². The van der Waals surface area contributed by atoms with E-state index in [9.17, 15) is 27.2 Å². The summed E-state index contributed by atoms with van der Waals surface area (Å²) in [6.45, 7) is -0.627. The highest BCUT2D eigenvalue weighted by molar-refractivity contribution is 6.39. The van der Waals surface area contributed by atoms with Crippen molar-refractivity contribution in [3.05, 3.63) is 59.9 Å². The summed E-state index contributed by atoms with van der Waals surface area (Å²) in [7, 11) is 0. The van der Waals surface area contributed by atoms with Gasteiger partial charge in [-0.3, -0.25) is 9.59 Å². The normalized spacial score (nSPS) is 16.4. The Labute approximate surface area is 170 Å². The van der Waals surface area contributed by atoms with Crippen molar-refractivity contribution in [2.24, 2.45) is 5.92 Å². The lowest BCUT2D eigenvalue weighted by atomic mass is 9.99. The molecule has 0 bridgehead atoms. The number of hydrogen-bond donors (Lipinski definition) is 1. The summed E-state index contributed by atoms with van der Waals surface area (Å²) < 4.78 is 54.4. The Morgan fingerprint density at radius 1 is 1.13 bits per heavy atom. The molecule has 1 aliphatic heterocycles. The van der Waals surface area contributed by atoms with E-state index >= 15 is 0 Å². The predicted molar refractivity (Wildman–Crippen MR) is 101 cm³/mol. The SMILES string of the molecule is O=C(Nc1cccc(OCC(F)(F)F)c1)C(=O)N1CCC(Cc2ccc(F)cc2)C1. The molecular weight excluding hydrogens is 404 g/mol. The first-order valence-electron chi connectivity index (χ1n) is 9.34. The van der Waals surface area contributed by atoms with E-state index in [0.717, 1.165) is 12.0 Å². The molecule has 1 unspecified atom stereocenters.